The summed E-state index contributed by atoms with van der Waals surface area (Å²) < 4.78 is 11.3. The Kier molecular flexibility index (Phi) is 9.85. The van der Waals surface area contributed by atoms with Gasteiger partial charge in [-0.05, 0) is 44.9 Å². The van der Waals surface area contributed by atoms with Crippen molar-refractivity contribution in [1.29, 1.82) is 0 Å². The van der Waals surface area contributed by atoms with Gasteiger partial charge >= 0.3 is 0 Å². The highest BCUT2D eigenvalue weighted by atomic mass is 16.7. The molecule has 2 unspecified atom stereocenters. The smallest absolute Gasteiger partial charge is 0.157 e. The summed E-state index contributed by atoms with van der Waals surface area (Å²) in [6, 6.07) is 0. The molecule has 0 saturated carbocycles. The Morgan fingerprint density at radius 3 is 2.84 bits per heavy atom. The molecule has 1 saturated heterocycles. The zero-order valence-corrected chi connectivity index (χ0v) is 12.7. The van der Waals surface area contributed by atoms with Gasteiger partial charge in [-0.2, -0.15) is 0 Å². The van der Waals surface area contributed by atoms with Gasteiger partial charge in [-0.3, -0.25) is 0 Å². The molecule has 0 radical (unpaired) electrons. The normalized spacial score (nSPS) is 20.6. The maximum Gasteiger partial charge on any atom is 0.157 e. The van der Waals surface area contributed by atoms with E-state index in [0.29, 0.717) is 5.92 Å². The van der Waals surface area contributed by atoms with E-state index in [1.807, 2.05) is 0 Å². The first kappa shape index (κ1) is 16.5. The van der Waals surface area contributed by atoms with Crippen molar-refractivity contribution in [3.05, 3.63) is 0 Å². The van der Waals surface area contributed by atoms with Gasteiger partial charge in [0, 0.05) is 25.6 Å². The molecule has 0 aromatic heterocycles. The van der Waals surface area contributed by atoms with E-state index < -0.39 is 0 Å². The molecule has 2 nitrogen and oxygen atoms in total. The maximum atomic E-state index is 5.75. The van der Waals surface area contributed by atoms with E-state index in [-0.39, 0.29) is 6.29 Å². The molecule has 1 aliphatic heterocycles. The van der Waals surface area contributed by atoms with Crippen LogP contribution in [0.15, 0.2) is 0 Å². The van der Waals surface area contributed by atoms with Crippen LogP contribution in [0.25, 0.3) is 0 Å². The van der Waals surface area contributed by atoms with Crippen LogP contribution in [0.4, 0.5) is 0 Å². The van der Waals surface area contributed by atoms with Crippen molar-refractivity contribution < 1.29 is 9.47 Å². The molecule has 1 rings (SSSR count). The first-order chi connectivity index (χ1) is 9.36. The molecule has 0 bridgehead atoms. The van der Waals surface area contributed by atoms with Crippen molar-refractivity contribution in [1.82, 2.24) is 0 Å². The first-order valence-electron chi connectivity index (χ1n) is 8.08. The van der Waals surface area contributed by atoms with Crippen molar-refractivity contribution in [2.24, 2.45) is 5.92 Å². The van der Waals surface area contributed by atoms with Crippen molar-refractivity contribution in [3.63, 3.8) is 0 Å². The van der Waals surface area contributed by atoms with Crippen molar-refractivity contribution in [2.45, 2.75) is 77.9 Å². The second-order valence-electron chi connectivity index (χ2n) is 5.34. The van der Waals surface area contributed by atoms with Gasteiger partial charge in [-0.15, -0.1) is 5.92 Å². The zero-order valence-electron chi connectivity index (χ0n) is 12.7. The lowest BCUT2D eigenvalue weighted by molar-refractivity contribution is -0.163. The number of rotatable bonds is 8. The third kappa shape index (κ3) is 8.29. The van der Waals surface area contributed by atoms with Crippen LogP contribution in [0, 0.1) is 17.8 Å². The molecule has 0 N–H and O–H groups in total. The fourth-order valence-corrected chi connectivity index (χ4v) is 2.25. The van der Waals surface area contributed by atoms with Gasteiger partial charge in [0.2, 0.25) is 0 Å². The average Bonchev–Trinajstić information content (AvgIpc) is 2.46. The highest BCUT2D eigenvalue weighted by Gasteiger charge is 2.13. The summed E-state index contributed by atoms with van der Waals surface area (Å²) >= 11 is 0. The van der Waals surface area contributed by atoms with Gasteiger partial charge in [0.05, 0.1) is 0 Å². The van der Waals surface area contributed by atoms with Gasteiger partial charge < -0.3 is 9.47 Å². The van der Waals surface area contributed by atoms with Gasteiger partial charge in [0.1, 0.15) is 0 Å². The van der Waals surface area contributed by atoms with E-state index in [1.54, 1.807) is 0 Å². The Morgan fingerprint density at radius 1 is 1.26 bits per heavy atom. The lowest BCUT2D eigenvalue weighted by Crippen LogP contribution is -2.22. The van der Waals surface area contributed by atoms with E-state index in [0.717, 1.165) is 45.3 Å². The van der Waals surface area contributed by atoms with Crippen molar-refractivity contribution in [3.8, 4) is 11.8 Å². The Balaban J connectivity index is 2.05. The molecule has 2 atom stereocenters. The fraction of sp³-hybridized carbons (Fsp3) is 0.882. The number of unbranched alkanes of at least 4 members (excludes halogenated alkanes) is 2. The Labute approximate surface area is 119 Å². The van der Waals surface area contributed by atoms with Gasteiger partial charge in [-0.25, -0.2) is 0 Å². The number of ether oxygens (including phenoxy) is 2. The van der Waals surface area contributed by atoms with E-state index in [2.05, 4.69) is 25.7 Å². The molecule has 2 heteroatoms. The molecule has 1 fully saturated rings. The summed E-state index contributed by atoms with van der Waals surface area (Å²) in [4.78, 5) is 0. The highest BCUT2D eigenvalue weighted by Crippen LogP contribution is 2.15. The molecule has 0 aliphatic carbocycles. The number of hydrogen-bond acceptors (Lipinski definition) is 2. The SMILES string of the molecule is CCCCC#CC(CC)CCCOC1CCCCO1. The highest BCUT2D eigenvalue weighted by molar-refractivity contribution is 5.03. The van der Waals surface area contributed by atoms with Crippen LogP contribution in [0.1, 0.15) is 71.6 Å². The largest absolute Gasteiger partial charge is 0.353 e. The lowest BCUT2D eigenvalue weighted by Gasteiger charge is -2.22. The summed E-state index contributed by atoms with van der Waals surface area (Å²) in [7, 11) is 0. The van der Waals surface area contributed by atoms with Crippen LogP contribution < -0.4 is 0 Å². The predicted molar refractivity (Wildman–Crippen MR) is 79.9 cm³/mol. The molecule has 1 aliphatic rings. The van der Waals surface area contributed by atoms with Crippen LogP contribution in [-0.4, -0.2) is 19.5 Å². The molecule has 0 amide bonds. The Hall–Kier alpha value is -0.520. The molecule has 0 aromatic rings. The average molecular weight is 266 g/mol. The minimum Gasteiger partial charge on any atom is -0.353 e. The summed E-state index contributed by atoms with van der Waals surface area (Å²) in [5, 5.41) is 0. The van der Waals surface area contributed by atoms with E-state index in [4.69, 9.17) is 9.47 Å². The minimum atomic E-state index is 0.0597. The van der Waals surface area contributed by atoms with Gasteiger partial charge in [0.15, 0.2) is 6.29 Å². The van der Waals surface area contributed by atoms with E-state index in [9.17, 15) is 0 Å². The molecule has 0 aromatic carbocycles. The van der Waals surface area contributed by atoms with Crippen LogP contribution in [-0.2, 0) is 9.47 Å². The second kappa shape index (κ2) is 11.3. The van der Waals surface area contributed by atoms with Gasteiger partial charge in [0.25, 0.3) is 0 Å². The quantitative estimate of drug-likeness (QED) is 0.474. The predicted octanol–water partition coefficient (Wildman–Crippen LogP) is 4.53. The van der Waals surface area contributed by atoms with Crippen LogP contribution in [0.3, 0.4) is 0 Å². The van der Waals surface area contributed by atoms with E-state index >= 15 is 0 Å². The lowest BCUT2D eigenvalue weighted by atomic mass is 10.0. The number of hydrogen-bond donors (Lipinski definition) is 0. The monoisotopic (exact) mass is 266 g/mol. The van der Waals surface area contributed by atoms with E-state index in [1.165, 1.54) is 25.7 Å². The summed E-state index contributed by atoms with van der Waals surface area (Å²) in [5.41, 5.74) is 0. The minimum absolute atomic E-state index is 0.0597. The molecule has 1 heterocycles. The molecule has 0 spiro atoms. The summed E-state index contributed by atoms with van der Waals surface area (Å²) in [5.74, 6) is 7.27. The van der Waals surface area contributed by atoms with Crippen molar-refractivity contribution in [2.75, 3.05) is 13.2 Å². The van der Waals surface area contributed by atoms with Crippen molar-refractivity contribution >= 4 is 0 Å². The van der Waals surface area contributed by atoms with Crippen LogP contribution in [0.5, 0.6) is 0 Å². The standard InChI is InChI=1S/C17H30O2/c1-3-5-6-7-11-16(4-2)12-10-15-19-17-13-8-9-14-18-17/h16-17H,3-6,8-10,12-15H2,1-2H3. The zero-order chi connectivity index (χ0) is 13.8. The topological polar surface area (TPSA) is 18.5 Å². The fourth-order valence-electron chi connectivity index (χ4n) is 2.25. The molecule has 110 valence electrons. The maximum absolute atomic E-state index is 5.75. The van der Waals surface area contributed by atoms with Gasteiger partial charge in [-0.1, -0.05) is 26.2 Å². The van der Waals surface area contributed by atoms with Crippen LogP contribution >= 0.6 is 0 Å². The Bertz CT molecular complexity index is 258. The third-order valence-corrected chi connectivity index (χ3v) is 3.59. The summed E-state index contributed by atoms with van der Waals surface area (Å²) in [6.07, 6.45) is 10.5. The molecular formula is C17H30O2. The summed E-state index contributed by atoms with van der Waals surface area (Å²) in [6.45, 7) is 6.12. The first-order valence-corrected chi connectivity index (χ1v) is 8.08. The molecule has 19 heavy (non-hydrogen) atoms. The molecular weight excluding hydrogens is 236 g/mol. The third-order valence-electron chi connectivity index (χ3n) is 3.59. The van der Waals surface area contributed by atoms with Crippen LogP contribution in [0.2, 0.25) is 0 Å². The second-order valence-corrected chi connectivity index (χ2v) is 5.34. The Morgan fingerprint density at radius 2 is 2.16 bits per heavy atom.